The zero-order valence-electron chi connectivity index (χ0n) is 14.4. The van der Waals surface area contributed by atoms with Crippen molar-refractivity contribution >= 4 is 40.7 Å². The van der Waals surface area contributed by atoms with Gasteiger partial charge in [0.15, 0.2) is 0 Å². The summed E-state index contributed by atoms with van der Waals surface area (Å²) in [6.45, 7) is 1.64. The fraction of sp³-hybridized carbons (Fsp3) is 0.300. The van der Waals surface area contributed by atoms with Crippen LogP contribution in [0, 0.1) is 5.92 Å². The molecule has 0 saturated carbocycles. The topological polar surface area (TPSA) is 43.9 Å². The van der Waals surface area contributed by atoms with E-state index in [1.165, 1.54) is 4.90 Å². The highest BCUT2D eigenvalue weighted by molar-refractivity contribution is 6.38. The molecular formula is C20H17Cl2N3O2. The van der Waals surface area contributed by atoms with Gasteiger partial charge in [-0.2, -0.15) is 0 Å². The quantitative estimate of drug-likeness (QED) is 0.721. The molecule has 0 aromatic heterocycles. The Bertz CT molecular complexity index is 936. The first-order chi connectivity index (χ1) is 13.1. The van der Waals surface area contributed by atoms with Crippen LogP contribution in [-0.2, 0) is 9.59 Å². The van der Waals surface area contributed by atoms with E-state index in [4.69, 9.17) is 23.2 Å². The molecular weight excluding hydrogens is 385 g/mol. The van der Waals surface area contributed by atoms with Gasteiger partial charge in [-0.3, -0.25) is 9.59 Å². The van der Waals surface area contributed by atoms with Gasteiger partial charge >= 0.3 is 0 Å². The van der Waals surface area contributed by atoms with Gasteiger partial charge in [0.25, 0.3) is 5.91 Å². The number of amides is 2. The van der Waals surface area contributed by atoms with Gasteiger partial charge in [-0.15, -0.1) is 0 Å². The Balaban J connectivity index is 1.60. The summed E-state index contributed by atoms with van der Waals surface area (Å²) in [6, 6.07) is 14.2. The number of carbonyl (C=O) groups excluding carboxylic acids is 2. The van der Waals surface area contributed by atoms with Gasteiger partial charge in [0.1, 0.15) is 6.04 Å². The average molecular weight is 402 g/mol. The molecule has 0 radical (unpaired) electrons. The second kappa shape index (κ2) is 6.31. The molecule has 3 fully saturated rings. The first kappa shape index (κ1) is 17.2. The van der Waals surface area contributed by atoms with Crippen LogP contribution in [0.5, 0.6) is 0 Å². The third-order valence-electron chi connectivity index (χ3n) is 5.70. The molecule has 3 saturated heterocycles. The first-order valence-electron chi connectivity index (χ1n) is 8.99. The average Bonchev–Trinajstić information content (AvgIpc) is 3.29. The molecule has 3 heterocycles. The highest BCUT2D eigenvalue weighted by Crippen LogP contribution is 2.49. The molecule has 5 rings (SSSR count). The van der Waals surface area contributed by atoms with E-state index < -0.39 is 12.0 Å². The monoisotopic (exact) mass is 401 g/mol. The molecule has 0 bridgehead atoms. The molecule has 7 heteroatoms. The van der Waals surface area contributed by atoms with E-state index in [0.29, 0.717) is 15.7 Å². The molecule has 138 valence electrons. The number of hydrazine groups is 1. The lowest BCUT2D eigenvalue weighted by Gasteiger charge is -2.30. The summed E-state index contributed by atoms with van der Waals surface area (Å²) < 4.78 is 0. The number of nitrogens with zero attached hydrogens (tertiary/aromatic N) is 3. The number of imide groups is 1. The number of carbonyl (C=O) groups is 2. The summed E-state index contributed by atoms with van der Waals surface area (Å²) in [5, 5.41) is 5.04. The molecule has 2 aromatic rings. The van der Waals surface area contributed by atoms with E-state index in [1.807, 2.05) is 30.3 Å². The van der Waals surface area contributed by atoms with Crippen LogP contribution in [0.1, 0.15) is 18.0 Å². The SMILES string of the molecule is O=C1[C@@H]2[C@@H](c3ccccc3)N3CCCN3[C@H]2C(=O)N1c1ccc(Cl)cc1Cl. The van der Waals surface area contributed by atoms with Crippen LogP contribution in [-0.4, -0.2) is 41.0 Å². The molecule has 0 N–H and O–H groups in total. The predicted octanol–water partition coefficient (Wildman–Crippen LogP) is 3.53. The van der Waals surface area contributed by atoms with Crippen LogP contribution in [0.15, 0.2) is 48.5 Å². The van der Waals surface area contributed by atoms with Crippen molar-refractivity contribution in [2.24, 2.45) is 5.92 Å². The van der Waals surface area contributed by atoms with Crippen LogP contribution < -0.4 is 4.90 Å². The lowest BCUT2D eigenvalue weighted by atomic mass is 9.90. The Hall–Kier alpha value is -1.92. The number of hydrogen-bond acceptors (Lipinski definition) is 4. The van der Waals surface area contributed by atoms with Crippen molar-refractivity contribution in [3.63, 3.8) is 0 Å². The molecule has 0 aliphatic carbocycles. The number of benzene rings is 2. The van der Waals surface area contributed by atoms with Crippen molar-refractivity contribution < 1.29 is 9.59 Å². The zero-order valence-corrected chi connectivity index (χ0v) is 15.9. The molecule has 2 amide bonds. The molecule has 2 aromatic carbocycles. The normalized spacial score (nSPS) is 28.1. The Kier molecular flexibility index (Phi) is 4.02. The molecule has 5 nitrogen and oxygen atoms in total. The lowest BCUT2D eigenvalue weighted by Crippen LogP contribution is -2.44. The summed E-state index contributed by atoms with van der Waals surface area (Å²) in [4.78, 5) is 28.0. The van der Waals surface area contributed by atoms with Gasteiger partial charge in [-0.1, -0.05) is 53.5 Å². The van der Waals surface area contributed by atoms with E-state index in [1.54, 1.807) is 18.2 Å². The Morgan fingerprint density at radius 2 is 1.56 bits per heavy atom. The van der Waals surface area contributed by atoms with Gasteiger partial charge in [0, 0.05) is 18.1 Å². The number of hydrogen-bond donors (Lipinski definition) is 0. The minimum absolute atomic E-state index is 0.133. The van der Waals surface area contributed by atoms with Crippen molar-refractivity contribution in [3.8, 4) is 0 Å². The molecule has 3 aliphatic rings. The van der Waals surface area contributed by atoms with Crippen molar-refractivity contribution in [2.75, 3.05) is 18.0 Å². The molecule has 0 unspecified atom stereocenters. The Morgan fingerprint density at radius 1 is 0.852 bits per heavy atom. The van der Waals surface area contributed by atoms with Crippen molar-refractivity contribution in [3.05, 3.63) is 64.1 Å². The van der Waals surface area contributed by atoms with Crippen LogP contribution in [0.25, 0.3) is 0 Å². The van der Waals surface area contributed by atoms with Crippen molar-refractivity contribution in [2.45, 2.75) is 18.5 Å². The predicted molar refractivity (Wildman–Crippen MR) is 103 cm³/mol. The summed E-state index contributed by atoms with van der Waals surface area (Å²) in [5.74, 6) is -0.844. The van der Waals surface area contributed by atoms with Crippen LogP contribution in [0.3, 0.4) is 0 Å². The zero-order chi connectivity index (χ0) is 18.7. The fourth-order valence-electron chi connectivity index (χ4n) is 4.66. The minimum atomic E-state index is -0.475. The molecule has 3 aliphatic heterocycles. The largest absolute Gasteiger partial charge is 0.274 e. The van der Waals surface area contributed by atoms with Crippen LogP contribution >= 0.6 is 23.2 Å². The van der Waals surface area contributed by atoms with E-state index in [0.717, 1.165) is 25.1 Å². The van der Waals surface area contributed by atoms with Gasteiger partial charge in [0.2, 0.25) is 5.91 Å². The number of anilines is 1. The first-order valence-corrected chi connectivity index (χ1v) is 9.74. The Morgan fingerprint density at radius 3 is 2.26 bits per heavy atom. The maximum absolute atomic E-state index is 13.4. The van der Waals surface area contributed by atoms with Crippen LogP contribution in [0.4, 0.5) is 5.69 Å². The molecule has 27 heavy (non-hydrogen) atoms. The van der Waals surface area contributed by atoms with E-state index in [2.05, 4.69) is 10.0 Å². The summed E-state index contributed by atoms with van der Waals surface area (Å²) >= 11 is 12.3. The van der Waals surface area contributed by atoms with Crippen LogP contribution in [0.2, 0.25) is 10.0 Å². The van der Waals surface area contributed by atoms with Gasteiger partial charge in [-0.05, 0) is 30.2 Å². The third kappa shape index (κ3) is 2.46. The Labute approximate surface area is 167 Å². The molecule has 3 atom stereocenters. The van der Waals surface area contributed by atoms with Crippen molar-refractivity contribution in [1.82, 2.24) is 10.0 Å². The van der Waals surface area contributed by atoms with Gasteiger partial charge < -0.3 is 0 Å². The van der Waals surface area contributed by atoms with E-state index in [-0.39, 0.29) is 17.9 Å². The maximum Gasteiger partial charge on any atom is 0.253 e. The number of halogens is 2. The third-order valence-corrected chi connectivity index (χ3v) is 6.24. The highest BCUT2D eigenvalue weighted by atomic mass is 35.5. The summed E-state index contributed by atoms with van der Waals surface area (Å²) in [7, 11) is 0. The van der Waals surface area contributed by atoms with Gasteiger partial charge in [-0.25, -0.2) is 14.9 Å². The summed E-state index contributed by atoms with van der Waals surface area (Å²) in [6.07, 6.45) is 0.982. The summed E-state index contributed by atoms with van der Waals surface area (Å²) in [5.41, 5.74) is 1.46. The highest BCUT2D eigenvalue weighted by Gasteiger charge is 2.63. The fourth-order valence-corrected chi connectivity index (χ4v) is 5.16. The van der Waals surface area contributed by atoms with Crippen molar-refractivity contribution in [1.29, 1.82) is 0 Å². The number of fused-ring (bicyclic) bond motifs is 3. The van der Waals surface area contributed by atoms with E-state index in [9.17, 15) is 9.59 Å². The molecule has 0 spiro atoms. The maximum atomic E-state index is 13.4. The smallest absolute Gasteiger partial charge is 0.253 e. The number of rotatable bonds is 2. The second-order valence-corrected chi connectivity index (χ2v) is 7.96. The lowest BCUT2D eigenvalue weighted by molar-refractivity contribution is -0.126. The van der Waals surface area contributed by atoms with E-state index >= 15 is 0 Å². The second-order valence-electron chi connectivity index (χ2n) is 7.11. The van der Waals surface area contributed by atoms with Gasteiger partial charge in [0.05, 0.1) is 22.7 Å². The standard InChI is InChI=1S/C20H17Cl2N3O2/c21-13-7-8-15(14(22)11-13)25-19(26)16-17(12-5-2-1-3-6-12)23-9-4-10-24(23)18(16)20(25)27/h1-3,5-8,11,16-18H,4,9-10H2/t16-,17-,18-/m1/s1. The minimum Gasteiger partial charge on any atom is -0.274 e.